The highest BCUT2D eigenvalue weighted by molar-refractivity contribution is 5.10. The Hall–Kier alpha value is -1.68. The van der Waals surface area contributed by atoms with E-state index in [2.05, 4.69) is 35.3 Å². The van der Waals surface area contributed by atoms with Gasteiger partial charge in [-0.1, -0.05) is 19.9 Å². The van der Waals surface area contributed by atoms with Crippen molar-refractivity contribution in [3.05, 3.63) is 48.0 Å². The van der Waals surface area contributed by atoms with Gasteiger partial charge in [0.15, 0.2) is 0 Å². The second kappa shape index (κ2) is 6.48. The van der Waals surface area contributed by atoms with Gasteiger partial charge >= 0.3 is 0 Å². The molecule has 2 heterocycles. The summed E-state index contributed by atoms with van der Waals surface area (Å²) in [5.41, 5.74) is 2.31. The molecule has 1 N–H and O–H groups in total. The molecule has 0 saturated heterocycles. The molecule has 4 heteroatoms. The molecule has 0 amide bonds. The van der Waals surface area contributed by atoms with Gasteiger partial charge in [0.2, 0.25) is 0 Å². The summed E-state index contributed by atoms with van der Waals surface area (Å²) in [7, 11) is 1.94. The normalized spacial score (nSPS) is 12.8. The third-order valence-electron chi connectivity index (χ3n) is 3.06. The predicted molar refractivity (Wildman–Crippen MR) is 76.5 cm³/mol. The Morgan fingerprint density at radius 2 is 2.16 bits per heavy atom. The minimum atomic E-state index is 0.293. The first-order valence-corrected chi connectivity index (χ1v) is 6.77. The molecular formula is C15H22N4. The van der Waals surface area contributed by atoms with Crippen molar-refractivity contribution in [1.82, 2.24) is 20.1 Å². The lowest BCUT2D eigenvalue weighted by molar-refractivity contribution is 0.421. The van der Waals surface area contributed by atoms with Crippen LogP contribution < -0.4 is 5.32 Å². The first-order chi connectivity index (χ1) is 9.15. The first kappa shape index (κ1) is 13.7. The zero-order chi connectivity index (χ0) is 13.7. The Bertz CT molecular complexity index is 490. The summed E-state index contributed by atoms with van der Waals surface area (Å²) in [4.78, 5) is 4.47. The van der Waals surface area contributed by atoms with Crippen molar-refractivity contribution in [3.8, 4) is 0 Å². The number of hydrogen-bond acceptors (Lipinski definition) is 3. The topological polar surface area (TPSA) is 42.7 Å². The van der Waals surface area contributed by atoms with Crippen LogP contribution in [-0.4, -0.2) is 14.8 Å². The van der Waals surface area contributed by atoms with E-state index in [1.54, 1.807) is 0 Å². The lowest BCUT2D eigenvalue weighted by atomic mass is 10.0. The van der Waals surface area contributed by atoms with Gasteiger partial charge in [-0.15, -0.1) is 0 Å². The van der Waals surface area contributed by atoms with Crippen LogP contribution in [0.15, 0.2) is 36.8 Å². The highest BCUT2D eigenvalue weighted by atomic mass is 15.2. The van der Waals surface area contributed by atoms with E-state index < -0.39 is 0 Å². The molecule has 4 nitrogen and oxygen atoms in total. The molecule has 0 bridgehead atoms. The van der Waals surface area contributed by atoms with Gasteiger partial charge in [0.05, 0.1) is 11.9 Å². The Balaban J connectivity index is 2.02. The summed E-state index contributed by atoms with van der Waals surface area (Å²) in [6, 6.07) is 6.38. The Morgan fingerprint density at radius 1 is 1.32 bits per heavy atom. The van der Waals surface area contributed by atoms with E-state index >= 15 is 0 Å². The lowest BCUT2D eigenvalue weighted by Crippen LogP contribution is -2.23. The van der Waals surface area contributed by atoms with Crippen molar-refractivity contribution < 1.29 is 0 Å². The summed E-state index contributed by atoms with van der Waals surface area (Å²) >= 11 is 0. The summed E-state index contributed by atoms with van der Waals surface area (Å²) in [5.74, 6) is 0.633. The largest absolute Gasteiger partial charge is 0.304 e. The molecule has 2 aromatic rings. The first-order valence-electron chi connectivity index (χ1n) is 6.77. The van der Waals surface area contributed by atoms with Gasteiger partial charge in [-0.3, -0.25) is 9.67 Å². The zero-order valence-electron chi connectivity index (χ0n) is 11.9. The van der Waals surface area contributed by atoms with Gasteiger partial charge in [-0.25, -0.2) is 0 Å². The number of nitrogens with one attached hydrogen (secondary N) is 1. The van der Waals surface area contributed by atoms with Crippen molar-refractivity contribution in [2.45, 2.75) is 32.9 Å². The number of aryl methyl sites for hydroxylation is 1. The average molecular weight is 258 g/mol. The fourth-order valence-corrected chi connectivity index (χ4v) is 2.17. The quantitative estimate of drug-likeness (QED) is 0.866. The van der Waals surface area contributed by atoms with E-state index in [0.29, 0.717) is 12.0 Å². The molecule has 0 aromatic carbocycles. The van der Waals surface area contributed by atoms with E-state index in [0.717, 1.165) is 18.7 Å². The fourth-order valence-electron chi connectivity index (χ4n) is 2.17. The second-order valence-electron chi connectivity index (χ2n) is 5.34. The van der Waals surface area contributed by atoms with Crippen LogP contribution >= 0.6 is 0 Å². The maximum atomic E-state index is 4.47. The van der Waals surface area contributed by atoms with Gasteiger partial charge < -0.3 is 5.32 Å². The smallest absolute Gasteiger partial charge is 0.0573 e. The second-order valence-corrected chi connectivity index (χ2v) is 5.34. The maximum absolute atomic E-state index is 4.47. The highest BCUT2D eigenvalue weighted by Gasteiger charge is 2.14. The third-order valence-corrected chi connectivity index (χ3v) is 3.06. The number of aromatic nitrogens is 3. The molecule has 0 fully saturated rings. The molecule has 0 aliphatic rings. The number of hydrogen-bond donors (Lipinski definition) is 1. The molecule has 0 aliphatic carbocycles. The van der Waals surface area contributed by atoms with E-state index in [1.165, 1.54) is 5.56 Å². The van der Waals surface area contributed by atoms with Crippen LogP contribution in [0.4, 0.5) is 0 Å². The molecule has 19 heavy (non-hydrogen) atoms. The van der Waals surface area contributed by atoms with Crippen LogP contribution in [0, 0.1) is 5.92 Å². The molecule has 1 atom stereocenters. The van der Waals surface area contributed by atoms with Crippen molar-refractivity contribution in [3.63, 3.8) is 0 Å². The van der Waals surface area contributed by atoms with Gasteiger partial charge in [-0.05, 0) is 24.5 Å². The molecule has 0 saturated carbocycles. The highest BCUT2D eigenvalue weighted by Crippen LogP contribution is 2.19. The van der Waals surface area contributed by atoms with E-state index in [1.807, 2.05) is 42.5 Å². The van der Waals surface area contributed by atoms with Crippen LogP contribution in [0.5, 0.6) is 0 Å². The van der Waals surface area contributed by atoms with Gasteiger partial charge in [0, 0.05) is 37.6 Å². The van der Waals surface area contributed by atoms with Crippen molar-refractivity contribution in [1.29, 1.82) is 0 Å². The van der Waals surface area contributed by atoms with Crippen LogP contribution in [-0.2, 0) is 13.6 Å². The molecule has 2 rings (SSSR count). The Morgan fingerprint density at radius 3 is 2.74 bits per heavy atom. The van der Waals surface area contributed by atoms with Crippen LogP contribution in [0.1, 0.15) is 37.6 Å². The van der Waals surface area contributed by atoms with Crippen molar-refractivity contribution in [2.24, 2.45) is 13.0 Å². The van der Waals surface area contributed by atoms with E-state index in [9.17, 15) is 0 Å². The Labute approximate surface area is 114 Å². The van der Waals surface area contributed by atoms with Crippen molar-refractivity contribution in [2.75, 3.05) is 0 Å². The number of nitrogens with zero attached hydrogens (tertiary/aromatic N) is 3. The van der Waals surface area contributed by atoms with E-state index in [-0.39, 0.29) is 0 Å². The monoisotopic (exact) mass is 258 g/mol. The predicted octanol–water partition coefficient (Wildman–Crippen LogP) is 2.69. The molecular weight excluding hydrogens is 236 g/mol. The SMILES string of the molecule is CC(C)C[C@H](NCc1cnn(C)c1)c1ccccn1. The van der Waals surface area contributed by atoms with Crippen molar-refractivity contribution >= 4 is 0 Å². The number of rotatable bonds is 6. The zero-order valence-corrected chi connectivity index (χ0v) is 11.9. The van der Waals surface area contributed by atoms with Crippen LogP contribution in [0.2, 0.25) is 0 Å². The van der Waals surface area contributed by atoms with Crippen LogP contribution in [0.25, 0.3) is 0 Å². The molecule has 0 aliphatic heterocycles. The molecule has 0 spiro atoms. The summed E-state index contributed by atoms with van der Waals surface area (Å²) in [6.07, 6.45) is 6.88. The number of pyridine rings is 1. The maximum Gasteiger partial charge on any atom is 0.0573 e. The van der Waals surface area contributed by atoms with Gasteiger partial charge in [0.25, 0.3) is 0 Å². The fraction of sp³-hybridized carbons (Fsp3) is 0.467. The molecule has 102 valence electrons. The minimum absolute atomic E-state index is 0.293. The standard InChI is InChI=1S/C15H22N4/c1-12(2)8-15(14-6-4-5-7-16-14)17-9-13-10-18-19(3)11-13/h4-7,10-12,15,17H,8-9H2,1-3H3/t15-/m0/s1. The lowest BCUT2D eigenvalue weighted by Gasteiger charge is -2.19. The molecule has 0 unspecified atom stereocenters. The third kappa shape index (κ3) is 4.17. The average Bonchev–Trinajstić information content (AvgIpc) is 2.81. The summed E-state index contributed by atoms with van der Waals surface area (Å²) < 4.78 is 1.83. The van der Waals surface area contributed by atoms with Gasteiger partial charge in [0.1, 0.15) is 0 Å². The minimum Gasteiger partial charge on any atom is -0.304 e. The summed E-state index contributed by atoms with van der Waals surface area (Å²) in [6.45, 7) is 5.30. The van der Waals surface area contributed by atoms with Gasteiger partial charge in [-0.2, -0.15) is 5.10 Å². The van der Waals surface area contributed by atoms with E-state index in [4.69, 9.17) is 0 Å². The summed E-state index contributed by atoms with van der Waals surface area (Å²) in [5, 5.41) is 7.77. The molecule has 2 aromatic heterocycles. The Kier molecular flexibility index (Phi) is 4.68. The van der Waals surface area contributed by atoms with Crippen LogP contribution in [0.3, 0.4) is 0 Å². The molecule has 0 radical (unpaired) electrons.